The summed E-state index contributed by atoms with van der Waals surface area (Å²) in [6.07, 6.45) is 3.96. The summed E-state index contributed by atoms with van der Waals surface area (Å²) in [5.41, 5.74) is 1.86. The Kier molecular flexibility index (Phi) is 4.70. The van der Waals surface area contributed by atoms with Gasteiger partial charge in [-0.1, -0.05) is 35.5 Å². The lowest BCUT2D eigenvalue weighted by atomic mass is 10.0. The molecule has 1 amide bonds. The third kappa shape index (κ3) is 3.94. The van der Waals surface area contributed by atoms with Crippen LogP contribution < -0.4 is 5.32 Å². The fraction of sp³-hybridized carbons (Fsp3) is 0.263. The van der Waals surface area contributed by atoms with Crippen LogP contribution in [-0.4, -0.2) is 45.6 Å². The van der Waals surface area contributed by atoms with Crippen molar-refractivity contribution in [2.75, 3.05) is 25.0 Å². The van der Waals surface area contributed by atoms with Crippen LogP contribution in [-0.2, 0) is 11.2 Å². The van der Waals surface area contributed by atoms with Crippen LogP contribution in [0.15, 0.2) is 59.4 Å². The van der Waals surface area contributed by atoms with Gasteiger partial charge in [-0.25, -0.2) is 0 Å². The summed E-state index contributed by atoms with van der Waals surface area (Å²) in [5, 5.41) is 6.90. The molecule has 132 valence electrons. The molecule has 4 rings (SSSR count). The van der Waals surface area contributed by atoms with Crippen molar-refractivity contribution in [3.8, 4) is 0 Å². The fourth-order valence-corrected chi connectivity index (χ4v) is 2.98. The minimum Gasteiger partial charge on any atom is -0.339 e. The van der Waals surface area contributed by atoms with E-state index in [-0.39, 0.29) is 11.8 Å². The molecule has 26 heavy (non-hydrogen) atoms. The standard InChI is InChI=1S/C19H19N5O2/c25-18(21-16-7-4-8-20-10-16)13-24-11-15(12-24)19-22-17(23-26-19)9-14-5-2-1-3-6-14/h1-8,10,15H,9,11-13H2,(H,21,25). The van der Waals surface area contributed by atoms with E-state index in [1.165, 1.54) is 0 Å². The number of carbonyl (C=O) groups is 1. The molecule has 0 unspecified atom stereocenters. The van der Waals surface area contributed by atoms with Gasteiger partial charge in [0.2, 0.25) is 11.8 Å². The van der Waals surface area contributed by atoms with Crippen LogP contribution in [0, 0.1) is 0 Å². The van der Waals surface area contributed by atoms with Crippen molar-refractivity contribution in [2.24, 2.45) is 0 Å². The molecule has 3 aromatic rings. The molecule has 1 aliphatic heterocycles. The molecule has 1 aromatic carbocycles. The first kappa shape index (κ1) is 16.4. The molecule has 3 heterocycles. The van der Waals surface area contributed by atoms with Crippen molar-refractivity contribution in [3.63, 3.8) is 0 Å². The Morgan fingerprint density at radius 1 is 1.19 bits per heavy atom. The van der Waals surface area contributed by atoms with Crippen LogP contribution in [0.4, 0.5) is 5.69 Å². The summed E-state index contributed by atoms with van der Waals surface area (Å²) >= 11 is 0. The fourth-order valence-electron chi connectivity index (χ4n) is 2.98. The zero-order valence-electron chi connectivity index (χ0n) is 14.2. The third-order valence-electron chi connectivity index (χ3n) is 4.31. The smallest absolute Gasteiger partial charge is 0.238 e. The molecule has 0 spiro atoms. The van der Waals surface area contributed by atoms with E-state index in [1.54, 1.807) is 18.5 Å². The van der Waals surface area contributed by atoms with Crippen molar-refractivity contribution >= 4 is 11.6 Å². The number of likely N-dealkylation sites (tertiary alicyclic amines) is 1. The van der Waals surface area contributed by atoms with Crippen molar-refractivity contribution in [3.05, 3.63) is 72.1 Å². The normalized spacial score (nSPS) is 14.8. The number of rotatable bonds is 6. The zero-order valence-corrected chi connectivity index (χ0v) is 14.2. The molecular formula is C19H19N5O2. The highest BCUT2D eigenvalue weighted by Gasteiger charge is 2.33. The Morgan fingerprint density at radius 2 is 2.04 bits per heavy atom. The number of benzene rings is 1. The van der Waals surface area contributed by atoms with Gasteiger partial charge in [0, 0.05) is 25.7 Å². The highest BCUT2D eigenvalue weighted by molar-refractivity contribution is 5.92. The van der Waals surface area contributed by atoms with Crippen LogP contribution in [0.25, 0.3) is 0 Å². The molecule has 0 aliphatic carbocycles. The Hall–Kier alpha value is -3.06. The van der Waals surface area contributed by atoms with Gasteiger partial charge in [-0.15, -0.1) is 0 Å². The topological polar surface area (TPSA) is 84.2 Å². The second-order valence-corrected chi connectivity index (χ2v) is 6.39. The van der Waals surface area contributed by atoms with Crippen molar-refractivity contribution < 1.29 is 9.32 Å². The molecule has 1 N–H and O–H groups in total. The lowest BCUT2D eigenvalue weighted by Gasteiger charge is -2.36. The minimum atomic E-state index is -0.0493. The molecule has 1 saturated heterocycles. The quantitative estimate of drug-likeness (QED) is 0.734. The Labute approximate surface area is 151 Å². The molecule has 7 nitrogen and oxygen atoms in total. The van der Waals surface area contributed by atoms with E-state index in [4.69, 9.17) is 4.52 Å². The van der Waals surface area contributed by atoms with Crippen molar-refractivity contribution in [1.82, 2.24) is 20.0 Å². The van der Waals surface area contributed by atoms with Crippen molar-refractivity contribution in [1.29, 1.82) is 0 Å². The lowest BCUT2D eigenvalue weighted by Crippen LogP contribution is -2.48. The number of nitrogens with zero attached hydrogens (tertiary/aromatic N) is 4. The number of amides is 1. The Bertz CT molecular complexity index is 860. The van der Waals surface area contributed by atoms with Gasteiger partial charge in [0.1, 0.15) is 0 Å². The molecule has 0 radical (unpaired) electrons. The number of hydrogen-bond acceptors (Lipinski definition) is 6. The van der Waals surface area contributed by atoms with Gasteiger partial charge in [-0.3, -0.25) is 14.7 Å². The van der Waals surface area contributed by atoms with Gasteiger partial charge >= 0.3 is 0 Å². The summed E-state index contributed by atoms with van der Waals surface area (Å²) in [6, 6.07) is 13.7. The summed E-state index contributed by atoms with van der Waals surface area (Å²) in [4.78, 5) is 22.6. The first-order chi connectivity index (χ1) is 12.8. The maximum atomic E-state index is 12.0. The van der Waals surface area contributed by atoms with E-state index < -0.39 is 0 Å². The molecular weight excluding hydrogens is 330 g/mol. The molecule has 0 saturated carbocycles. The van der Waals surface area contributed by atoms with Crippen LogP contribution in [0.5, 0.6) is 0 Å². The van der Waals surface area contributed by atoms with Gasteiger partial charge in [-0.05, 0) is 17.7 Å². The Morgan fingerprint density at radius 3 is 2.81 bits per heavy atom. The molecule has 2 aromatic heterocycles. The average molecular weight is 349 g/mol. The van der Waals surface area contributed by atoms with Gasteiger partial charge in [-0.2, -0.15) is 4.98 Å². The predicted octanol–water partition coefficient (Wildman–Crippen LogP) is 2.09. The summed E-state index contributed by atoms with van der Waals surface area (Å²) in [7, 11) is 0. The van der Waals surface area contributed by atoms with E-state index in [9.17, 15) is 4.79 Å². The van der Waals surface area contributed by atoms with Crippen LogP contribution >= 0.6 is 0 Å². The van der Waals surface area contributed by atoms with Crippen molar-refractivity contribution in [2.45, 2.75) is 12.3 Å². The number of anilines is 1. The van der Waals surface area contributed by atoms with E-state index in [2.05, 4.69) is 25.3 Å². The minimum absolute atomic E-state index is 0.0493. The first-order valence-electron chi connectivity index (χ1n) is 8.55. The zero-order chi connectivity index (χ0) is 17.8. The highest BCUT2D eigenvalue weighted by Crippen LogP contribution is 2.25. The molecule has 7 heteroatoms. The largest absolute Gasteiger partial charge is 0.339 e. The Balaban J connectivity index is 1.25. The monoisotopic (exact) mass is 349 g/mol. The molecule has 0 atom stereocenters. The van der Waals surface area contributed by atoms with E-state index in [0.29, 0.717) is 30.4 Å². The van der Waals surface area contributed by atoms with E-state index >= 15 is 0 Å². The van der Waals surface area contributed by atoms with Crippen LogP contribution in [0.1, 0.15) is 23.2 Å². The van der Waals surface area contributed by atoms with Gasteiger partial charge in [0.25, 0.3) is 0 Å². The summed E-state index contributed by atoms with van der Waals surface area (Å²) < 4.78 is 5.39. The first-order valence-corrected chi connectivity index (χ1v) is 8.55. The number of nitrogens with one attached hydrogen (secondary N) is 1. The van der Waals surface area contributed by atoms with Crippen LogP contribution in [0.2, 0.25) is 0 Å². The average Bonchev–Trinajstić information content (AvgIpc) is 3.07. The molecule has 0 bridgehead atoms. The van der Waals surface area contributed by atoms with Gasteiger partial charge in [0.15, 0.2) is 5.82 Å². The number of carbonyl (C=O) groups excluding carboxylic acids is 1. The number of aromatic nitrogens is 3. The summed E-state index contributed by atoms with van der Waals surface area (Å²) in [5.74, 6) is 1.49. The molecule has 1 fully saturated rings. The van der Waals surface area contributed by atoms with Crippen LogP contribution in [0.3, 0.4) is 0 Å². The van der Waals surface area contributed by atoms with Gasteiger partial charge in [0.05, 0.1) is 24.3 Å². The summed E-state index contributed by atoms with van der Waals surface area (Å²) in [6.45, 7) is 1.83. The second-order valence-electron chi connectivity index (χ2n) is 6.39. The predicted molar refractivity (Wildman–Crippen MR) is 95.6 cm³/mol. The maximum Gasteiger partial charge on any atom is 0.238 e. The third-order valence-corrected chi connectivity index (χ3v) is 4.31. The maximum absolute atomic E-state index is 12.0. The number of hydrogen-bond donors (Lipinski definition) is 1. The van der Waals surface area contributed by atoms with E-state index in [1.807, 2.05) is 36.4 Å². The second kappa shape index (κ2) is 7.45. The highest BCUT2D eigenvalue weighted by atomic mass is 16.5. The molecule has 1 aliphatic rings. The van der Waals surface area contributed by atoms with Gasteiger partial charge < -0.3 is 9.84 Å². The SMILES string of the molecule is O=C(CN1CC(c2nc(Cc3ccccc3)no2)C1)Nc1cccnc1. The number of pyridine rings is 1. The lowest BCUT2D eigenvalue weighted by molar-refractivity contribution is -0.118. The van der Waals surface area contributed by atoms with E-state index in [0.717, 1.165) is 18.7 Å².